The Labute approximate surface area is 261 Å². The zero-order valence-corrected chi connectivity index (χ0v) is 26.2. The fraction of sp³-hybridized carbons (Fsp3) is 0.733. The van der Waals surface area contributed by atoms with Crippen LogP contribution in [0.25, 0.3) is 0 Å². The minimum absolute atomic E-state index is 0.0389. The lowest BCUT2D eigenvalue weighted by Gasteiger charge is -2.09. The van der Waals surface area contributed by atoms with Crippen molar-refractivity contribution in [2.75, 3.05) is 65.8 Å². The third-order valence-corrected chi connectivity index (χ3v) is 5.85. The first-order valence-corrected chi connectivity index (χ1v) is 15.6. The van der Waals surface area contributed by atoms with Gasteiger partial charge in [0.25, 0.3) is 0 Å². The molecule has 0 atom stereocenters. The van der Waals surface area contributed by atoms with E-state index in [1.165, 1.54) is 12.5 Å². The lowest BCUT2D eigenvalue weighted by atomic mass is 10.2. The highest BCUT2D eigenvalue weighted by atomic mass is 16.6. The zero-order valence-electron chi connectivity index (χ0n) is 26.2. The van der Waals surface area contributed by atoms with Gasteiger partial charge in [-0.2, -0.15) is 0 Å². The van der Waals surface area contributed by atoms with E-state index < -0.39 is 24.4 Å². The van der Waals surface area contributed by atoms with Crippen LogP contribution in [0, 0.1) is 0 Å². The topological polar surface area (TPSA) is 172 Å². The van der Waals surface area contributed by atoms with E-state index in [9.17, 15) is 19.2 Å². The van der Waals surface area contributed by atoms with E-state index in [1.54, 1.807) is 0 Å². The Bertz CT molecular complexity index is 708. The van der Waals surface area contributed by atoms with Gasteiger partial charge in [-0.05, 0) is 51.4 Å². The van der Waals surface area contributed by atoms with E-state index in [0.717, 1.165) is 77.0 Å². The van der Waals surface area contributed by atoms with Crippen LogP contribution in [0.3, 0.4) is 0 Å². The zero-order chi connectivity index (χ0) is 32.4. The molecule has 0 aromatic carbocycles. The lowest BCUT2D eigenvalue weighted by molar-refractivity contribution is 0.0956. The summed E-state index contributed by atoms with van der Waals surface area (Å²) >= 11 is 0. The molecular formula is C30H54N4O10. The molecule has 44 heavy (non-hydrogen) atoms. The molecular weight excluding hydrogens is 576 g/mol. The van der Waals surface area contributed by atoms with Crippen molar-refractivity contribution in [3.63, 3.8) is 0 Å². The van der Waals surface area contributed by atoms with Crippen molar-refractivity contribution >= 4 is 24.4 Å². The molecule has 0 fully saturated rings. The largest absolute Gasteiger partial charge is 0.502 e. The fourth-order valence-corrected chi connectivity index (χ4v) is 3.51. The molecule has 0 rings (SSSR count). The van der Waals surface area contributed by atoms with Crippen molar-refractivity contribution in [3.05, 3.63) is 25.7 Å². The maximum atomic E-state index is 11.7. The molecule has 4 amide bonds. The second-order valence-electron chi connectivity index (χ2n) is 9.57. The molecule has 0 spiro atoms. The van der Waals surface area contributed by atoms with Crippen LogP contribution >= 0.6 is 0 Å². The van der Waals surface area contributed by atoms with Crippen molar-refractivity contribution in [1.29, 1.82) is 0 Å². The minimum atomic E-state index is -0.563. The third-order valence-electron chi connectivity index (χ3n) is 5.85. The Morgan fingerprint density at radius 1 is 0.386 bits per heavy atom. The van der Waals surface area contributed by atoms with Crippen LogP contribution in [0.15, 0.2) is 25.7 Å². The average molecular weight is 631 g/mol. The van der Waals surface area contributed by atoms with E-state index in [2.05, 4.69) is 34.4 Å². The number of carbonyl (C=O) groups is 4. The van der Waals surface area contributed by atoms with E-state index in [1.807, 2.05) is 0 Å². The van der Waals surface area contributed by atoms with Crippen LogP contribution < -0.4 is 21.3 Å². The van der Waals surface area contributed by atoms with Crippen LogP contribution in [-0.4, -0.2) is 90.2 Å². The molecule has 14 heteroatoms. The maximum Gasteiger partial charge on any atom is 0.407 e. The van der Waals surface area contributed by atoms with Gasteiger partial charge >= 0.3 is 24.4 Å². The average Bonchev–Trinajstić information content (AvgIpc) is 3.01. The third kappa shape index (κ3) is 31.1. The van der Waals surface area contributed by atoms with E-state index in [-0.39, 0.29) is 13.2 Å². The highest BCUT2D eigenvalue weighted by Crippen LogP contribution is 2.00. The van der Waals surface area contributed by atoms with Crippen molar-refractivity contribution in [3.8, 4) is 0 Å². The van der Waals surface area contributed by atoms with Gasteiger partial charge in [-0.1, -0.05) is 38.8 Å². The van der Waals surface area contributed by atoms with E-state index >= 15 is 0 Å². The minimum Gasteiger partial charge on any atom is -0.502 e. The predicted octanol–water partition coefficient (Wildman–Crippen LogP) is 4.89. The molecule has 0 aliphatic rings. The highest BCUT2D eigenvalue weighted by Gasteiger charge is 2.05. The molecule has 0 aliphatic heterocycles. The Kier molecular flexibility index (Phi) is 29.3. The Balaban J connectivity index is 3.40. The van der Waals surface area contributed by atoms with Gasteiger partial charge in [0.2, 0.25) is 0 Å². The smallest absolute Gasteiger partial charge is 0.407 e. The Morgan fingerprint density at radius 3 is 0.955 bits per heavy atom. The standard InChI is InChI=1S/C30H54N4O10/c1-3-39-21-13-15-23-41-27(35)31-17-9-5-7-11-19-33-29(37)43-25-26-44-30(38)34-20-12-8-6-10-18-32-28(36)42-24-16-14-22-40-4-2/h3-4H,1-2,5-26H2,(H,31,35)(H,32,36)(H,33,37)(H,34,38). The van der Waals surface area contributed by atoms with Gasteiger partial charge in [-0.3, -0.25) is 0 Å². The van der Waals surface area contributed by atoms with Gasteiger partial charge in [0.15, 0.2) is 0 Å². The molecule has 4 N–H and O–H groups in total. The normalized spacial score (nSPS) is 10.1. The van der Waals surface area contributed by atoms with Crippen molar-refractivity contribution < 1.29 is 47.6 Å². The summed E-state index contributed by atoms with van der Waals surface area (Å²) in [5, 5.41) is 10.7. The molecule has 0 aromatic rings. The fourth-order valence-electron chi connectivity index (χ4n) is 3.51. The summed E-state index contributed by atoms with van der Waals surface area (Å²) in [4.78, 5) is 46.5. The molecule has 0 saturated carbocycles. The van der Waals surface area contributed by atoms with Gasteiger partial charge in [0.05, 0.1) is 39.0 Å². The molecule has 0 radical (unpaired) electrons. The molecule has 0 unspecified atom stereocenters. The number of amides is 4. The van der Waals surface area contributed by atoms with E-state index in [0.29, 0.717) is 52.6 Å². The van der Waals surface area contributed by atoms with Crippen LogP contribution in [0.1, 0.15) is 77.0 Å². The summed E-state index contributed by atoms with van der Waals surface area (Å²) in [5.41, 5.74) is 0. The lowest BCUT2D eigenvalue weighted by Crippen LogP contribution is -2.29. The van der Waals surface area contributed by atoms with Crippen molar-refractivity contribution in [2.45, 2.75) is 77.0 Å². The second-order valence-corrected chi connectivity index (χ2v) is 9.57. The summed E-state index contributed by atoms with van der Waals surface area (Å²) in [7, 11) is 0. The first-order valence-electron chi connectivity index (χ1n) is 15.6. The number of rotatable bonds is 29. The first kappa shape index (κ1) is 40.2. The van der Waals surface area contributed by atoms with Crippen molar-refractivity contribution in [2.24, 2.45) is 0 Å². The summed E-state index contributed by atoms with van der Waals surface area (Å²) in [6.45, 7) is 10.7. The molecule has 0 saturated heterocycles. The van der Waals surface area contributed by atoms with Gasteiger partial charge < -0.3 is 49.7 Å². The molecule has 14 nitrogen and oxygen atoms in total. The highest BCUT2D eigenvalue weighted by molar-refractivity contribution is 5.68. The van der Waals surface area contributed by atoms with Crippen LogP contribution in [0.5, 0.6) is 0 Å². The SMILES string of the molecule is C=COCCCCOC(=O)NCCCCCCNC(=O)OCCOC(=O)NCCCCCCNC(=O)OCCCCOC=C. The van der Waals surface area contributed by atoms with Gasteiger partial charge in [0, 0.05) is 26.2 Å². The number of hydrogen-bond acceptors (Lipinski definition) is 10. The van der Waals surface area contributed by atoms with Crippen LogP contribution in [0.4, 0.5) is 19.2 Å². The molecule has 0 aromatic heterocycles. The number of carbonyl (C=O) groups excluding carboxylic acids is 4. The number of nitrogens with one attached hydrogen (secondary N) is 4. The predicted molar refractivity (Wildman–Crippen MR) is 165 cm³/mol. The van der Waals surface area contributed by atoms with Gasteiger partial charge in [-0.25, -0.2) is 19.2 Å². The van der Waals surface area contributed by atoms with E-state index in [4.69, 9.17) is 28.4 Å². The number of ether oxygens (including phenoxy) is 6. The number of unbranched alkanes of at least 4 members (excludes halogenated alkanes) is 8. The maximum absolute atomic E-state index is 11.7. The number of hydrogen-bond donors (Lipinski definition) is 4. The van der Waals surface area contributed by atoms with Crippen LogP contribution in [0.2, 0.25) is 0 Å². The monoisotopic (exact) mass is 630 g/mol. The quantitative estimate of drug-likeness (QED) is 0.0506. The second kappa shape index (κ2) is 32.1. The molecule has 0 bridgehead atoms. The van der Waals surface area contributed by atoms with Crippen molar-refractivity contribution in [1.82, 2.24) is 21.3 Å². The molecule has 254 valence electrons. The molecule has 0 aliphatic carbocycles. The Hall–Kier alpha value is -3.84. The Morgan fingerprint density at radius 2 is 0.659 bits per heavy atom. The van der Waals surface area contributed by atoms with Gasteiger partial charge in [-0.15, -0.1) is 0 Å². The summed E-state index contributed by atoms with van der Waals surface area (Å²) < 4.78 is 30.1. The number of alkyl carbamates (subject to hydrolysis) is 4. The summed E-state index contributed by atoms with van der Waals surface area (Å²) in [5.74, 6) is 0. The summed E-state index contributed by atoms with van der Waals surface area (Å²) in [6, 6.07) is 0. The van der Waals surface area contributed by atoms with Gasteiger partial charge in [0.1, 0.15) is 13.2 Å². The molecule has 0 heterocycles. The summed E-state index contributed by atoms with van der Waals surface area (Å²) in [6.07, 6.45) is 10.7. The van der Waals surface area contributed by atoms with Crippen LogP contribution in [-0.2, 0) is 28.4 Å². The first-order chi connectivity index (χ1) is 21.5.